The third-order valence-corrected chi connectivity index (χ3v) is 11.6. The summed E-state index contributed by atoms with van der Waals surface area (Å²) in [5.74, 6) is -0.974. The molecule has 0 unspecified atom stereocenters. The number of benzene rings is 1. The number of pyridine rings is 1. The molecule has 8 rings (SSSR count). The second kappa shape index (κ2) is 11.6. The summed E-state index contributed by atoms with van der Waals surface area (Å²) in [5.41, 5.74) is 1.54. The van der Waals surface area contributed by atoms with Gasteiger partial charge in [0, 0.05) is 42.7 Å². The molecule has 3 saturated heterocycles. The minimum atomic E-state index is -4.96. The summed E-state index contributed by atoms with van der Waals surface area (Å²) in [6, 6.07) is 1.77. The number of alkyl halides is 4. The van der Waals surface area contributed by atoms with Crippen molar-refractivity contribution in [3.05, 3.63) is 28.5 Å². The Morgan fingerprint density at radius 2 is 1.92 bits per heavy atom. The predicted octanol–water partition coefficient (Wildman–Crippen LogP) is 5.54. The molecule has 1 spiro atoms. The number of likely N-dealkylation sites (N-methyl/N-ethyl adjacent to an activating group) is 1. The Balaban J connectivity index is 1.34. The van der Waals surface area contributed by atoms with Gasteiger partial charge < -0.3 is 30.2 Å². The maximum atomic E-state index is 17.0. The van der Waals surface area contributed by atoms with Crippen LogP contribution in [0.3, 0.4) is 0 Å². The highest BCUT2D eigenvalue weighted by Gasteiger charge is 2.52. The van der Waals surface area contributed by atoms with Gasteiger partial charge in [0.2, 0.25) is 5.88 Å². The first kappa shape index (κ1) is 32.9. The van der Waals surface area contributed by atoms with Gasteiger partial charge in [-0.05, 0) is 57.8 Å². The molecule has 3 N–H and O–H groups in total. The Morgan fingerprint density at radius 3 is 2.59 bits per heavy atom. The monoisotopic (exact) mass is 709 g/mol. The molecule has 0 radical (unpaired) electrons. The molecule has 4 aliphatic heterocycles. The van der Waals surface area contributed by atoms with Crippen molar-refractivity contribution in [1.29, 1.82) is 0 Å². The van der Waals surface area contributed by atoms with E-state index in [2.05, 4.69) is 25.1 Å². The summed E-state index contributed by atoms with van der Waals surface area (Å²) >= 11 is 6.07. The highest BCUT2D eigenvalue weighted by Crippen LogP contribution is 2.49. The molecule has 0 amide bonds. The van der Waals surface area contributed by atoms with Gasteiger partial charge in [-0.25, -0.2) is 13.8 Å². The molecule has 2 aromatic heterocycles. The van der Waals surface area contributed by atoms with E-state index in [9.17, 15) is 17.6 Å². The fourth-order valence-electron chi connectivity index (χ4n) is 8.37. The van der Waals surface area contributed by atoms with E-state index in [-0.39, 0.29) is 53.1 Å². The highest BCUT2D eigenvalue weighted by molar-refractivity contribution is 6.32. The van der Waals surface area contributed by atoms with Crippen molar-refractivity contribution in [2.24, 2.45) is 0 Å². The lowest BCUT2D eigenvalue weighted by molar-refractivity contribution is -0.137. The Labute approximate surface area is 284 Å². The van der Waals surface area contributed by atoms with Gasteiger partial charge in [-0.3, -0.25) is 4.90 Å². The summed E-state index contributed by atoms with van der Waals surface area (Å²) in [4.78, 5) is 17.9. The molecule has 0 bridgehead atoms. The van der Waals surface area contributed by atoms with Gasteiger partial charge >= 0.3 is 12.2 Å². The molecule has 2 atom stereocenters. The molecule has 1 aromatic carbocycles. The van der Waals surface area contributed by atoms with Crippen LogP contribution < -0.4 is 25.4 Å². The lowest BCUT2D eigenvalue weighted by Gasteiger charge is -2.55. The molecule has 1 aliphatic carbocycles. The molecule has 5 aliphatic rings. The van der Waals surface area contributed by atoms with Gasteiger partial charge in [-0.2, -0.15) is 23.1 Å². The summed E-state index contributed by atoms with van der Waals surface area (Å²) in [5, 5.41) is 2.88. The SMILES string of the molecule is CNC1(CN2c3nc(OC[C@@]45CCCN4C[C@H](F)C5)nc4c(F)c(-c5cc(N)cc(Cl)c5C(F)(F)F)nc(c34)OCCC23COC3)CCC1. The zero-order valence-corrected chi connectivity index (χ0v) is 27.7. The van der Waals surface area contributed by atoms with Crippen LogP contribution in [-0.4, -0.2) is 95.7 Å². The van der Waals surface area contributed by atoms with E-state index in [1.165, 1.54) is 0 Å². The van der Waals surface area contributed by atoms with Crippen LogP contribution in [0.25, 0.3) is 22.2 Å². The Bertz CT molecular complexity index is 1800. The molecular formula is C33H37ClF5N7O3. The van der Waals surface area contributed by atoms with Gasteiger partial charge in [-0.1, -0.05) is 11.6 Å². The van der Waals surface area contributed by atoms with E-state index in [4.69, 9.17) is 36.5 Å². The van der Waals surface area contributed by atoms with Crippen LogP contribution in [0, 0.1) is 5.82 Å². The highest BCUT2D eigenvalue weighted by atomic mass is 35.5. The topological polar surface area (TPSA) is 111 Å². The van der Waals surface area contributed by atoms with Crippen LogP contribution in [0.15, 0.2) is 12.1 Å². The lowest BCUT2D eigenvalue weighted by Crippen LogP contribution is -2.69. The number of anilines is 2. The van der Waals surface area contributed by atoms with Crippen molar-refractivity contribution in [1.82, 2.24) is 25.2 Å². The molecule has 6 heterocycles. The van der Waals surface area contributed by atoms with Gasteiger partial charge in [0.25, 0.3) is 0 Å². The van der Waals surface area contributed by atoms with Crippen LogP contribution in [0.5, 0.6) is 11.9 Å². The predicted molar refractivity (Wildman–Crippen MR) is 172 cm³/mol. The van der Waals surface area contributed by atoms with E-state index in [1.807, 2.05) is 7.05 Å². The molecule has 264 valence electrons. The van der Waals surface area contributed by atoms with E-state index < -0.39 is 51.1 Å². The van der Waals surface area contributed by atoms with Crippen molar-refractivity contribution >= 4 is 34.0 Å². The number of halogens is 6. The zero-order valence-electron chi connectivity index (χ0n) is 26.9. The Morgan fingerprint density at radius 1 is 1.12 bits per heavy atom. The Hall–Kier alpha value is -3.27. The van der Waals surface area contributed by atoms with Crippen molar-refractivity contribution in [2.45, 2.75) is 73.9 Å². The van der Waals surface area contributed by atoms with Crippen molar-refractivity contribution in [2.75, 3.05) is 63.7 Å². The van der Waals surface area contributed by atoms with Crippen LogP contribution >= 0.6 is 11.6 Å². The van der Waals surface area contributed by atoms with Crippen LogP contribution in [0.4, 0.5) is 33.5 Å². The van der Waals surface area contributed by atoms with Crippen molar-refractivity contribution in [3.63, 3.8) is 0 Å². The fraction of sp³-hybridized carbons (Fsp3) is 0.606. The second-order valence-electron chi connectivity index (χ2n) is 14.2. The fourth-order valence-corrected chi connectivity index (χ4v) is 8.70. The maximum absolute atomic E-state index is 17.0. The second-order valence-corrected chi connectivity index (χ2v) is 14.6. The standard InChI is InChI=1S/C33H37ClF5N7O3/c1-41-30(4-2-5-30)14-46-27-22-26(43-29(44-27)49-17-31-6-3-8-45(31)13-18(35)12-31)24(36)25(42-28(22)48-9-7-32(46)15-47-16-32)20-10-19(40)11-21(34)23(20)33(37,38)39/h10-11,18,41H,2-9,12-17,40H2,1H3/t18-,31+/m1/s1. The maximum Gasteiger partial charge on any atom is 0.418 e. The van der Waals surface area contributed by atoms with E-state index >= 15 is 4.39 Å². The van der Waals surface area contributed by atoms with Crippen LogP contribution in [0.2, 0.25) is 5.02 Å². The minimum absolute atomic E-state index is 0.0685. The molecular weight excluding hydrogens is 673 g/mol. The summed E-state index contributed by atoms with van der Waals surface area (Å²) in [6.45, 7) is 2.48. The smallest absolute Gasteiger partial charge is 0.418 e. The largest absolute Gasteiger partial charge is 0.477 e. The van der Waals surface area contributed by atoms with Gasteiger partial charge in [-0.15, -0.1) is 0 Å². The summed E-state index contributed by atoms with van der Waals surface area (Å²) in [6.07, 6.45) is -0.728. The number of nitrogens with two attached hydrogens (primary N) is 1. The molecule has 49 heavy (non-hydrogen) atoms. The number of rotatable bonds is 7. The number of hydrogen-bond donors (Lipinski definition) is 2. The molecule has 10 nitrogen and oxygen atoms in total. The number of hydrogen-bond acceptors (Lipinski definition) is 10. The zero-order chi connectivity index (χ0) is 34.3. The van der Waals surface area contributed by atoms with Gasteiger partial charge in [0.15, 0.2) is 5.82 Å². The van der Waals surface area contributed by atoms with Gasteiger partial charge in [0.1, 0.15) is 35.2 Å². The normalized spacial score (nSPS) is 25.8. The number of nitrogens with one attached hydrogen (secondary N) is 1. The average Bonchev–Trinajstić information content (AvgIpc) is 3.52. The summed E-state index contributed by atoms with van der Waals surface area (Å²) < 4.78 is 92.9. The van der Waals surface area contributed by atoms with Gasteiger partial charge in [0.05, 0.1) is 41.5 Å². The van der Waals surface area contributed by atoms with Crippen molar-refractivity contribution in [3.8, 4) is 23.1 Å². The van der Waals surface area contributed by atoms with E-state index in [0.29, 0.717) is 39.1 Å². The number of aromatic nitrogens is 3. The van der Waals surface area contributed by atoms with Crippen LogP contribution in [0.1, 0.15) is 50.5 Å². The molecule has 1 saturated carbocycles. The lowest BCUT2D eigenvalue weighted by atomic mass is 9.75. The third kappa shape index (κ3) is 5.33. The molecule has 3 aromatic rings. The summed E-state index contributed by atoms with van der Waals surface area (Å²) in [7, 11) is 1.91. The Kier molecular flexibility index (Phi) is 7.82. The first-order valence-corrected chi connectivity index (χ1v) is 17.0. The number of nitrogens with zero attached hydrogens (tertiary/aromatic N) is 5. The molecule has 16 heteroatoms. The third-order valence-electron chi connectivity index (χ3n) is 11.3. The first-order valence-electron chi connectivity index (χ1n) is 16.6. The molecule has 4 fully saturated rings. The van der Waals surface area contributed by atoms with E-state index in [0.717, 1.165) is 50.8 Å². The number of ether oxygens (including phenoxy) is 3. The first-order chi connectivity index (χ1) is 23.4. The van der Waals surface area contributed by atoms with E-state index in [1.54, 1.807) is 0 Å². The number of fused-ring (bicyclic) bond motifs is 1. The number of nitrogen functional groups attached to an aromatic ring is 1. The minimum Gasteiger partial charge on any atom is -0.477 e. The van der Waals surface area contributed by atoms with Crippen molar-refractivity contribution < 1.29 is 36.2 Å². The quantitative estimate of drug-likeness (QED) is 0.240. The average molecular weight is 710 g/mol. The van der Waals surface area contributed by atoms with Crippen LogP contribution in [-0.2, 0) is 10.9 Å².